The number of nitrogens with zero attached hydrogens (tertiary/aromatic N) is 4. The summed E-state index contributed by atoms with van der Waals surface area (Å²) < 4.78 is 5.28. The van der Waals surface area contributed by atoms with Crippen LogP contribution in [0.2, 0.25) is 0 Å². The van der Waals surface area contributed by atoms with E-state index in [1.807, 2.05) is 44.7 Å². The lowest BCUT2D eigenvalue weighted by Crippen LogP contribution is -2.49. The van der Waals surface area contributed by atoms with Crippen LogP contribution in [0.15, 0.2) is 24.3 Å². The molecular formula is C24H35N5O2. The Morgan fingerprint density at radius 3 is 2.42 bits per heavy atom. The number of benzene rings is 1. The molecular weight excluding hydrogens is 390 g/mol. The number of ether oxygens (including phenoxy) is 1. The fraction of sp³-hybridized carbons (Fsp3) is 0.542. The number of hydrogen-bond acceptors (Lipinski definition) is 5. The van der Waals surface area contributed by atoms with E-state index in [0.29, 0.717) is 6.54 Å². The molecule has 1 aromatic heterocycles. The maximum absolute atomic E-state index is 12.6. The van der Waals surface area contributed by atoms with Gasteiger partial charge >= 0.3 is 6.03 Å². The summed E-state index contributed by atoms with van der Waals surface area (Å²) in [5.74, 6) is 2.61. The minimum atomic E-state index is -0.241. The predicted molar refractivity (Wildman–Crippen MR) is 124 cm³/mol. The lowest BCUT2D eigenvalue weighted by atomic mass is 10.0. The van der Waals surface area contributed by atoms with Crippen molar-refractivity contribution in [2.75, 3.05) is 38.2 Å². The third kappa shape index (κ3) is 6.09. The molecule has 168 valence electrons. The van der Waals surface area contributed by atoms with Gasteiger partial charge in [-0.2, -0.15) is 0 Å². The van der Waals surface area contributed by atoms with Gasteiger partial charge in [0.25, 0.3) is 0 Å². The molecule has 2 aromatic rings. The minimum Gasteiger partial charge on any atom is -0.497 e. The van der Waals surface area contributed by atoms with Crippen molar-refractivity contribution in [3.05, 3.63) is 46.9 Å². The van der Waals surface area contributed by atoms with Gasteiger partial charge in [-0.1, -0.05) is 12.1 Å². The SMILES string of the molecule is COc1ccc(Cc2c(C)nc(C)nc2N2CCCN(C(=O)NC(C)(C)C)CC2)cc1. The number of amides is 2. The maximum atomic E-state index is 12.6. The molecule has 1 fully saturated rings. The average molecular weight is 426 g/mol. The Morgan fingerprint density at radius 1 is 1.06 bits per heavy atom. The number of nitrogens with one attached hydrogen (secondary N) is 1. The van der Waals surface area contributed by atoms with Crippen LogP contribution in [0.25, 0.3) is 0 Å². The van der Waals surface area contributed by atoms with Gasteiger partial charge in [0.2, 0.25) is 0 Å². The Bertz CT molecular complexity index is 905. The molecule has 1 saturated heterocycles. The quantitative estimate of drug-likeness (QED) is 0.809. The zero-order chi connectivity index (χ0) is 22.6. The number of aromatic nitrogens is 2. The Kier molecular flexibility index (Phi) is 7.03. The first kappa shape index (κ1) is 22.8. The largest absolute Gasteiger partial charge is 0.497 e. The number of rotatable bonds is 4. The van der Waals surface area contributed by atoms with Crippen molar-refractivity contribution in [3.8, 4) is 5.75 Å². The standard InChI is InChI=1S/C24H35N5O2/c1-17-21(16-19-8-10-20(31-6)11-9-19)22(26-18(2)25-17)28-12-7-13-29(15-14-28)23(30)27-24(3,4)5/h8-11H,7,12-16H2,1-6H3,(H,27,30). The van der Waals surface area contributed by atoms with Crippen LogP contribution in [0, 0.1) is 13.8 Å². The highest BCUT2D eigenvalue weighted by molar-refractivity contribution is 5.75. The third-order valence-electron chi connectivity index (χ3n) is 5.41. The van der Waals surface area contributed by atoms with Crippen molar-refractivity contribution in [1.29, 1.82) is 0 Å². The molecule has 7 nitrogen and oxygen atoms in total. The van der Waals surface area contributed by atoms with Crippen LogP contribution >= 0.6 is 0 Å². The van der Waals surface area contributed by atoms with Crippen molar-refractivity contribution >= 4 is 11.8 Å². The third-order valence-corrected chi connectivity index (χ3v) is 5.41. The molecule has 0 bridgehead atoms. The van der Waals surface area contributed by atoms with Crippen LogP contribution < -0.4 is 15.0 Å². The van der Waals surface area contributed by atoms with Crippen molar-refractivity contribution in [2.24, 2.45) is 0 Å². The van der Waals surface area contributed by atoms with E-state index in [0.717, 1.165) is 61.1 Å². The van der Waals surface area contributed by atoms with Crippen LogP contribution in [0.1, 0.15) is 49.8 Å². The summed E-state index contributed by atoms with van der Waals surface area (Å²) in [6, 6.07) is 8.14. The van der Waals surface area contributed by atoms with Gasteiger partial charge in [0.15, 0.2) is 0 Å². The molecule has 1 aromatic carbocycles. The van der Waals surface area contributed by atoms with Gasteiger partial charge in [0.1, 0.15) is 17.4 Å². The summed E-state index contributed by atoms with van der Waals surface area (Å²) >= 11 is 0. The summed E-state index contributed by atoms with van der Waals surface area (Å²) in [4.78, 5) is 26.3. The van der Waals surface area contributed by atoms with Gasteiger partial charge in [-0.25, -0.2) is 14.8 Å². The van der Waals surface area contributed by atoms with E-state index in [1.165, 1.54) is 5.56 Å². The number of carbonyl (C=O) groups excluding carboxylic acids is 1. The first-order valence-corrected chi connectivity index (χ1v) is 11.0. The molecule has 0 atom stereocenters. The highest BCUT2D eigenvalue weighted by atomic mass is 16.5. The van der Waals surface area contributed by atoms with Gasteiger partial charge in [-0.15, -0.1) is 0 Å². The number of carbonyl (C=O) groups is 1. The molecule has 1 N–H and O–H groups in total. The van der Waals surface area contributed by atoms with Gasteiger partial charge in [0, 0.05) is 49.4 Å². The molecule has 0 aliphatic carbocycles. The molecule has 1 aliphatic heterocycles. The first-order valence-electron chi connectivity index (χ1n) is 11.0. The molecule has 7 heteroatoms. The van der Waals surface area contributed by atoms with Crippen LogP contribution in [-0.4, -0.2) is 59.7 Å². The van der Waals surface area contributed by atoms with E-state index in [1.54, 1.807) is 7.11 Å². The maximum Gasteiger partial charge on any atom is 0.317 e. The second kappa shape index (κ2) is 9.54. The molecule has 2 heterocycles. The van der Waals surface area contributed by atoms with Crippen molar-refractivity contribution in [2.45, 2.75) is 53.0 Å². The summed E-state index contributed by atoms with van der Waals surface area (Å²) in [7, 11) is 1.68. The fourth-order valence-electron chi connectivity index (χ4n) is 3.87. The van der Waals surface area contributed by atoms with E-state index >= 15 is 0 Å². The van der Waals surface area contributed by atoms with Crippen molar-refractivity contribution < 1.29 is 9.53 Å². The van der Waals surface area contributed by atoms with Gasteiger partial charge in [-0.3, -0.25) is 0 Å². The van der Waals surface area contributed by atoms with E-state index in [2.05, 4.69) is 34.3 Å². The topological polar surface area (TPSA) is 70.6 Å². The van der Waals surface area contributed by atoms with E-state index in [4.69, 9.17) is 9.72 Å². The van der Waals surface area contributed by atoms with Gasteiger partial charge < -0.3 is 19.9 Å². The molecule has 0 spiro atoms. The van der Waals surface area contributed by atoms with Crippen LogP contribution in [0.3, 0.4) is 0 Å². The molecule has 0 unspecified atom stereocenters. The molecule has 31 heavy (non-hydrogen) atoms. The van der Waals surface area contributed by atoms with Crippen LogP contribution in [0.5, 0.6) is 5.75 Å². The lowest BCUT2D eigenvalue weighted by molar-refractivity contribution is 0.192. The summed E-state index contributed by atoms with van der Waals surface area (Å²) in [6.45, 7) is 13.0. The Morgan fingerprint density at radius 2 is 1.77 bits per heavy atom. The molecule has 3 rings (SSSR count). The Balaban J connectivity index is 1.80. The lowest BCUT2D eigenvalue weighted by Gasteiger charge is -2.28. The number of anilines is 1. The first-order chi connectivity index (χ1) is 14.7. The van der Waals surface area contributed by atoms with E-state index in [9.17, 15) is 4.79 Å². The summed E-state index contributed by atoms with van der Waals surface area (Å²) in [5, 5.41) is 3.08. The van der Waals surface area contributed by atoms with Gasteiger partial charge in [-0.05, 0) is 58.7 Å². The Labute approximate surface area is 185 Å². The fourth-order valence-corrected chi connectivity index (χ4v) is 3.87. The number of methoxy groups -OCH3 is 1. The highest BCUT2D eigenvalue weighted by Gasteiger charge is 2.25. The Hall–Kier alpha value is -2.83. The molecule has 1 aliphatic rings. The van der Waals surface area contributed by atoms with E-state index < -0.39 is 0 Å². The van der Waals surface area contributed by atoms with Crippen LogP contribution in [-0.2, 0) is 6.42 Å². The number of urea groups is 1. The van der Waals surface area contributed by atoms with Gasteiger partial charge in [0.05, 0.1) is 7.11 Å². The van der Waals surface area contributed by atoms with Crippen LogP contribution in [0.4, 0.5) is 10.6 Å². The normalized spacial score (nSPS) is 14.9. The second-order valence-corrected chi connectivity index (χ2v) is 9.19. The average Bonchev–Trinajstić information content (AvgIpc) is 2.95. The predicted octanol–water partition coefficient (Wildman–Crippen LogP) is 3.71. The second-order valence-electron chi connectivity index (χ2n) is 9.19. The van der Waals surface area contributed by atoms with Crippen molar-refractivity contribution in [1.82, 2.24) is 20.2 Å². The summed E-state index contributed by atoms with van der Waals surface area (Å²) in [5.41, 5.74) is 3.10. The molecule has 0 radical (unpaired) electrons. The van der Waals surface area contributed by atoms with Crippen molar-refractivity contribution in [3.63, 3.8) is 0 Å². The highest BCUT2D eigenvalue weighted by Crippen LogP contribution is 2.26. The zero-order valence-electron chi connectivity index (χ0n) is 19.7. The molecule has 2 amide bonds. The number of hydrogen-bond donors (Lipinski definition) is 1. The smallest absolute Gasteiger partial charge is 0.317 e. The number of aryl methyl sites for hydroxylation is 2. The summed E-state index contributed by atoms with van der Waals surface area (Å²) in [6.07, 6.45) is 1.66. The minimum absolute atomic E-state index is 0.00264. The molecule has 0 saturated carbocycles. The zero-order valence-corrected chi connectivity index (χ0v) is 19.7. The van der Waals surface area contributed by atoms with E-state index in [-0.39, 0.29) is 11.6 Å². The monoisotopic (exact) mass is 425 g/mol.